The molecule has 0 atom stereocenters. The number of aromatic nitrogens is 4. The fourth-order valence-corrected chi connectivity index (χ4v) is 6.22. The molecule has 43 heavy (non-hydrogen) atoms. The van der Waals surface area contributed by atoms with Gasteiger partial charge < -0.3 is 20.2 Å². The first-order valence-corrected chi connectivity index (χ1v) is 14.6. The van der Waals surface area contributed by atoms with Crippen LogP contribution in [0, 0.1) is 13.8 Å². The van der Waals surface area contributed by atoms with E-state index >= 15 is 0 Å². The summed E-state index contributed by atoms with van der Waals surface area (Å²) in [7, 11) is 0. The summed E-state index contributed by atoms with van der Waals surface area (Å²) in [5.74, 6) is -1.74. The van der Waals surface area contributed by atoms with Crippen LogP contribution in [0.4, 0.5) is 0 Å². The number of H-pyrrole nitrogens is 2. The van der Waals surface area contributed by atoms with E-state index in [4.69, 9.17) is 9.97 Å². The molecule has 3 radical (unpaired) electrons. The van der Waals surface area contributed by atoms with Crippen LogP contribution in [0.5, 0.6) is 0 Å². The predicted octanol–water partition coefficient (Wildman–Crippen LogP) is 7.27. The summed E-state index contributed by atoms with van der Waals surface area (Å²) < 4.78 is 0. The molecule has 0 fully saturated rings. The van der Waals surface area contributed by atoms with Crippen molar-refractivity contribution < 1.29 is 19.8 Å². The molecular weight excluding hydrogens is 598 g/mol. The minimum atomic E-state index is -0.869. The molecule has 8 bridgehead atoms. The Morgan fingerprint density at radius 1 is 0.628 bits per heavy atom. The van der Waals surface area contributed by atoms with Gasteiger partial charge in [0.25, 0.3) is 0 Å². The molecule has 2 aliphatic heterocycles. The number of carboxylic acid groups (broad SMARTS) is 2. The minimum absolute atomic E-state index is 0. The monoisotopic (exact) mass is 635 g/mol. The van der Waals surface area contributed by atoms with Crippen molar-refractivity contribution in [1.82, 2.24) is 19.9 Å². The second kappa shape index (κ2) is 12.8. The van der Waals surface area contributed by atoms with Crippen molar-refractivity contribution in [3.63, 3.8) is 0 Å². The van der Waals surface area contributed by atoms with Gasteiger partial charge in [0.2, 0.25) is 0 Å². The Morgan fingerprint density at radius 3 is 1.44 bits per heavy atom. The van der Waals surface area contributed by atoms with Crippen molar-refractivity contribution in [2.75, 3.05) is 0 Å². The topological polar surface area (TPSA) is 132 Å². The fourth-order valence-electron chi connectivity index (χ4n) is 6.22. The van der Waals surface area contributed by atoms with Crippen LogP contribution in [-0.2, 0) is 22.4 Å². The van der Waals surface area contributed by atoms with Crippen molar-refractivity contribution in [3.05, 3.63) is 69.3 Å². The van der Waals surface area contributed by atoms with Crippen LogP contribution in [0.25, 0.3) is 44.4 Å². The Hall–Kier alpha value is -3.82. The molecule has 0 unspecified atom stereocenters. The van der Waals surface area contributed by atoms with Gasteiger partial charge in [0.1, 0.15) is 0 Å². The zero-order chi connectivity index (χ0) is 30.3. The van der Waals surface area contributed by atoms with Gasteiger partial charge in [-0.05, 0) is 122 Å². The number of aliphatic carboxylic acids is 2. The first-order valence-electron chi connectivity index (χ1n) is 14.6. The first kappa shape index (κ1) is 32.1. The summed E-state index contributed by atoms with van der Waals surface area (Å²) in [6.07, 6.45) is 2.37. The van der Waals surface area contributed by atoms with E-state index in [9.17, 15) is 19.8 Å². The third-order valence-corrected chi connectivity index (χ3v) is 8.69. The van der Waals surface area contributed by atoms with Crippen molar-refractivity contribution in [2.24, 2.45) is 0 Å². The number of hydrogen-bond acceptors (Lipinski definition) is 4. The molecule has 221 valence electrons. The number of aromatic amines is 2. The molecule has 2 aliphatic rings. The Bertz CT molecular complexity index is 1860. The number of allylic oxidation sites excluding steroid dienone is 4. The maximum absolute atomic E-state index is 11.5. The quantitative estimate of drug-likeness (QED) is 0.193. The van der Waals surface area contributed by atoms with E-state index < -0.39 is 11.9 Å². The van der Waals surface area contributed by atoms with Crippen molar-refractivity contribution in [3.8, 4) is 0 Å². The van der Waals surface area contributed by atoms with Crippen LogP contribution in [-0.4, -0.2) is 61.9 Å². The molecule has 0 amide bonds. The van der Waals surface area contributed by atoms with Crippen LogP contribution in [0.2, 0.25) is 0 Å². The van der Waals surface area contributed by atoms with Crippen LogP contribution in [0.3, 0.4) is 0 Å². The number of fused-ring (bicyclic) bond motifs is 8. The third-order valence-electron chi connectivity index (χ3n) is 8.69. The van der Waals surface area contributed by atoms with Gasteiger partial charge in [0, 0.05) is 54.7 Å². The Morgan fingerprint density at radius 2 is 1.02 bits per heavy atom. The van der Waals surface area contributed by atoms with E-state index in [-0.39, 0.29) is 32.6 Å². The maximum atomic E-state index is 11.5. The molecule has 3 aromatic heterocycles. The van der Waals surface area contributed by atoms with Gasteiger partial charge in [-0.1, -0.05) is 13.8 Å². The maximum Gasteiger partial charge on any atom is 0.303 e. The smallest absolute Gasteiger partial charge is 0.303 e. The van der Waals surface area contributed by atoms with E-state index in [1.165, 1.54) is 16.7 Å². The van der Waals surface area contributed by atoms with Crippen molar-refractivity contribution in [2.45, 2.75) is 80.1 Å². The largest absolute Gasteiger partial charge is 0.481 e. The summed E-state index contributed by atoms with van der Waals surface area (Å²) in [6, 6.07) is 8.19. The van der Waals surface area contributed by atoms with Crippen LogP contribution in [0.15, 0.2) is 24.3 Å². The van der Waals surface area contributed by atoms with E-state index in [1.807, 2.05) is 26.0 Å². The number of nitrogens with one attached hydrogen (secondary N) is 2. The summed E-state index contributed by atoms with van der Waals surface area (Å²) in [6.45, 7) is 12.5. The number of carboxylic acids is 2. The number of nitrogens with zero attached hydrogens (tertiary/aromatic N) is 2. The van der Waals surface area contributed by atoms with Crippen LogP contribution < -0.4 is 0 Å². The van der Waals surface area contributed by atoms with Gasteiger partial charge in [-0.2, -0.15) is 0 Å². The van der Waals surface area contributed by atoms with Gasteiger partial charge in [-0.3, -0.25) is 9.59 Å². The Balaban J connectivity index is 0.00000423. The van der Waals surface area contributed by atoms with Gasteiger partial charge in [-0.25, -0.2) is 9.97 Å². The number of aryl methyl sites for hydroxylation is 4. The van der Waals surface area contributed by atoms with Crippen LogP contribution in [0.1, 0.15) is 98.4 Å². The second-order valence-electron chi connectivity index (χ2n) is 11.2. The summed E-state index contributed by atoms with van der Waals surface area (Å²) in [4.78, 5) is 40.3. The van der Waals surface area contributed by atoms with Crippen molar-refractivity contribution in [1.29, 1.82) is 0 Å². The zero-order valence-corrected chi connectivity index (χ0v) is 28.2. The fraction of sp³-hybridized carbons (Fsp3) is 0.353. The van der Waals surface area contributed by atoms with Gasteiger partial charge >= 0.3 is 11.9 Å². The molecule has 0 spiro atoms. The zero-order valence-electron chi connectivity index (χ0n) is 25.7. The third kappa shape index (κ3) is 6.14. The van der Waals surface area contributed by atoms with Crippen molar-refractivity contribution >= 4 is 76.1 Å². The molecule has 4 N–H and O–H groups in total. The first-order chi connectivity index (χ1) is 20.0. The predicted molar refractivity (Wildman–Crippen MR) is 174 cm³/mol. The summed E-state index contributed by atoms with van der Waals surface area (Å²) in [5.41, 5.74) is 15.4. The van der Waals surface area contributed by atoms with E-state index in [2.05, 4.69) is 49.8 Å². The van der Waals surface area contributed by atoms with E-state index in [1.54, 1.807) is 0 Å². The molecule has 0 saturated carbocycles. The molecule has 0 saturated heterocycles. The van der Waals surface area contributed by atoms with Gasteiger partial charge in [-0.15, -0.1) is 0 Å². The molecule has 5 rings (SSSR count). The summed E-state index contributed by atoms with van der Waals surface area (Å²) in [5, 5.41) is 18.9. The number of rotatable bonds is 8. The van der Waals surface area contributed by atoms with Gasteiger partial charge in [0.05, 0.1) is 22.8 Å². The average Bonchev–Trinajstić information content (AvgIpc) is 3.59. The van der Waals surface area contributed by atoms with E-state index in [0.717, 1.165) is 74.2 Å². The number of hydrogen-bond donors (Lipinski definition) is 4. The van der Waals surface area contributed by atoms with Gasteiger partial charge in [0.15, 0.2) is 0 Å². The Kier molecular flexibility index (Phi) is 9.56. The molecule has 0 aliphatic carbocycles. The Labute approximate surface area is 264 Å². The molecule has 8 nitrogen and oxygen atoms in total. The SMILES string of the molecule is CCc1c(C)c2cc3[nH]c(cc4nc(cc5nc(cc1[nH]2)C(C)=C5CCC(=O)O)C(CCC(=O)O)=C4C)c(C)c3CC.[Ga]. The number of carbonyl (C=O) groups is 2. The van der Waals surface area contributed by atoms with E-state index in [0.29, 0.717) is 24.2 Å². The standard InChI is InChI=1S/C34H38N4O4.Ga/c1-7-21-17(3)25-13-26-19(5)23(9-11-33(39)40)31(37-26)16-32-24(10-12-34(41)42)20(6)28(38-32)15-30-22(8-2)18(4)27(36-30)14-29(21)35-25;/h13-16,35-36H,7-12H2,1-6H3,(H,39,40)(H,41,42);. The minimum Gasteiger partial charge on any atom is -0.481 e. The summed E-state index contributed by atoms with van der Waals surface area (Å²) >= 11 is 0. The second-order valence-corrected chi connectivity index (χ2v) is 11.2. The molecular formula is C34H38GaN4O4. The average molecular weight is 636 g/mol. The molecule has 0 aromatic carbocycles. The van der Waals surface area contributed by atoms with Crippen LogP contribution >= 0.6 is 0 Å². The molecule has 3 aromatic rings. The normalized spacial score (nSPS) is 13.0. The molecule has 5 heterocycles. The molecule has 9 heteroatoms.